The van der Waals surface area contributed by atoms with E-state index < -0.39 is 5.82 Å². The van der Waals surface area contributed by atoms with Crippen LogP contribution in [0.1, 0.15) is 22.6 Å². The molecule has 2 aromatic heterocycles. The fourth-order valence-corrected chi connectivity index (χ4v) is 3.96. The van der Waals surface area contributed by atoms with Gasteiger partial charge in [-0.15, -0.1) is 0 Å². The summed E-state index contributed by atoms with van der Waals surface area (Å²) in [6, 6.07) is 19.1. The van der Waals surface area contributed by atoms with Crippen molar-refractivity contribution in [1.82, 2.24) is 24.6 Å². The minimum Gasteiger partial charge on any atom is -0.305 e. The van der Waals surface area contributed by atoms with Crippen molar-refractivity contribution in [2.24, 2.45) is 0 Å². The number of pyridine rings is 1. The first kappa shape index (κ1) is 23.1. The number of aryl methyl sites for hydroxylation is 4. The van der Waals surface area contributed by atoms with Crippen LogP contribution in [0, 0.1) is 5.82 Å². The molecule has 0 amide bonds. The summed E-state index contributed by atoms with van der Waals surface area (Å²) in [6.45, 7) is 1.54. The Bertz CT molecular complexity index is 1190. The minimum atomic E-state index is -0.399. The van der Waals surface area contributed by atoms with E-state index in [0.717, 1.165) is 35.6 Å². The molecule has 170 valence electrons. The van der Waals surface area contributed by atoms with Crippen molar-refractivity contribution in [3.8, 4) is 11.4 Å². The third-order valence-corrected chi connectivity index (χ3v) is 5.84. The number of halogens is 2. The van der Waals surface area contributed by atoms with Gasteiger partial charge in [-0.2, -0.15) is 5.10 Å². The molecule has 33 heavy (non-hydrogen) atoms. The fraction of sp³-hybridized carbons (Fsp3) is 0.269. The highest BCUT2D eigenvalue weighted by Crippen LogP contribution is 2.22. The van der Waals surface area contributed by atoms with Gasteiger partial charge in [-0.3, -0.25) is 4.98 Å². The van der Waals surface area contributed by atoms with E-state index in [0.29, 0.717) is 25.2 Å². The molecule has 2 heterocycles. The fourth-order valence-electron chi connectivity index (χ4n) is 3.74. The smallest absolute Gasteiger partial charge is 0.181 e. The number of nitrogens with zero attached hydrogens (tertiary/aromatic N) is 5. The predicted molar refractivity (Wildman–Crippen MR) is 130 cm³/mol. The largest absolute Gasteiger partial charge is 0.305 e. The summed E-state index contributed by atoms with van der Waals surface area (Å²) in [5.41, 5.74) is 3.98. The Labute approximate surface area is 198 Å². The minimum absolute atomic E-state index is 0.175. The van der Waals surface area contributed by atoms with E-state index in [2.05, 4.69) is 48.2 Å². The van der Waals surface area contributed by atoms with Gasteiger partial charge in [0.2, 0.25) is 0 Å². The van der Waals surface area contributed by atoms with Crippen molar-refractivity contribution in [3.63, 3.8) is 0 Å². The molecule has 2 aromatic carbocycles. The number of hydrogen-bond donors (Lipinski definition) is 0. The molecule has 0 fully saturated rings. The van der Waals surface area contributed by atoms with Crippen LogP contribution in [0.25, 0.3) is 11.4 Å². The molecule has 0 saturated carbocycles. The molecule has 0 N–H and O–H groups in total. The zero-order valence-electron chi connectivity index (χ0n) is 18.9. The quantitative estimate of drug-likeness (QED) is 0.341. The van der Waals surface area contributed by atoms with Gasteiger partial charge < -0.3 is 4.90 Å². The maximum Gasteiger partial charge on any atom is 0.181 e. The monoisotopic (exact) mass is 463 g/mol. The molecule has 0 aliphatic heterocycles. The first-order valence-corrected chi connectivity index (χ1v) is 11.4. The van der Waals surface area contributed by atoms with Gasteiger partial charge in [-0.1, -0.05) is 54.1 Å². The highest BCUT2D eigenvalue weighted by atomic mass is 35.5. The van der Waals surface area contributed by atoms with Gasteiger partial charge >= 0.3 is 0 Å². The second-order valence-corrected chi connectivity index (χ2v) is 8.67. The lowest BCUT2D eigenvalue weighted by molar-refractivity contribution is 0.402. The van der Waals surface area contributed by atoms with E-state index in [4.69, 9.17) is 21.7 Å². The molecule has 5 nitrogen and oxygen atoms in total. The molecule has 0 aliphatic carbocycles. The van der Waals surface area contributed by atoms with Gasteiger partial charge in [0.1, 0.15) is 11.6 Å². The van der Waals surface area contributed by atoms with Gasteiger partial charge in [0, 0.05) is 43.4 Å². The number of hydrogen-bond acceptors (Lipinski definition) is 4. The van der Waals surface area contributed by atoms with Gasteiger partial charge in [0.25, 0.3) is 0 Å². The maximum absolute atomic E-state index is 13.9. The van der Waals surface area contributed by atoms with Crippen LogP contribution in [0.15, 0.2) is 66.9 Å². The van der Waals surface area contributed by atoms with Gasteiger partial charge in [-0.05, 0) is 49.8 Å². The third kappa shape index (κ3) is 6.03. The Morgan fingerprint density at radius 1 is 0.939 bits per heavy atom. The number of rotatable bonds is 9. The van der Waals surface area contributed by atoms with Crippen LogP contribution < -0.4 is 0 Å². The lowest BCUT2D eigenvalue weighted by atomic mass is 10.1. The lowest BCUT2D eigenvalue weighted by Gasteiger charge is -2.09. The highest BCUT2D eigenvalue weighted by Gasteiger charge is 2.14. The second kappa shape index (κ2) is 10.7. The summed E-state index contributed by atoms with van der Waals surface area (Å²) in [5.74, 6) is 1.13. The number of aromatic nitrogens is 4. The molecule has 0 saturated heterocycles. The first-order valence-electron chi connectivity index (χ1n) is 11.0. The number of benzene rings is 2. The molecule has 0 aliphatic rings. The van der Waals surface area contributed by atoms with Gasteiger partial charge in [-0.25, -0.2) is 14.1 Å². The summed E-state index contributed by atoms with van der Waals surface area (Å²) in [4.78, 5) is 11.4. The highest BCUT2D eigenvalue weighted by molar-refractivity contribution is 6.31. The van der Waals surface area contributed by atoms with Crippen LogP contribution >= 0.6 is 11.6 Å². The Morgan fingerprint density at radius 3 is 2.48 bits per heavy atom. The van der Waals surface area contributed by atoms with Crippen molar-refractivity contribution >= 4 is 11.6 Å². The SMILES string of the molecule is CN(C)Cc1ccc(-c2nc(CCc3cccc(F)c3Cl)n(CCc3ccccn3)n2)cc1. The van der Waals surface area contributed by atoms with E-state index in [9.17, 15) is 4.39 Å². The third-order valence-electron chi connectivity index (χ3n) is 5.41. The molecular formula is C26H27ClFN5. The molecular weight excluding hydrogens is 437 g/mol. The van der Waals surface area contributed by atoms with Crippen LogP contribution in [0.3, 0.4) is 0 Å². The summed E-state index contributed by atoms with van der Waals surface area (Å²) in [6.07, 6.45) is 3.74. The van der Waals surface area contributed by atoms with E-state index in [-0.39, 0.29) is 5.02 Å². The van der Waals surface area contributed by atoms with Crippen LogP contribution in [0.4, 0.5) is 4.39 Å². The molecule has 0 radical (unpaired) electrons. The molecule has 0 bridgehead atoms. The van der Waals surface area contributed by atoms with Gasteiger partial charge in [0.05, 0.1) is 5.02 Å². The van der Waals surface area contributed by atoms with Crippen LogP contribution in [0.2, 0.25) is 5.02 Å². The molecule has 7 heteroatoms. The predicted octanol–water partition coefficient (Wildman–Crippen LogP) is 5.22. The average Bonchev–Trinajstić information content (AvgIpc) is 3.22. The molecule has 4 aromatic rings. The summed E-state index contributed by atoms with van der Waals surface area (Å²) in [5, 5.41) is 4.97. The zero-order valence-corrected chi connectivity index (χ0v) is 19.6. The molecule has 0 spiro atoms. The van der Waals surface area contributed by atoms with Crippen molar-refractivity contribution in [2.45, 2.75) is 32.4 Å². The Morgan fingerprint density at radius 2 is 1.76 bits per heavy atom. The zero-order chi connectivity index (χ0) is 23.2. The Balaban J connectivity index is 1.57. The van der Waals surface area contributed by atoms with E-state index >= 15 is 0 Å². The van der Waals surface area contributed by atoms with Crippen LogP contribution in [0.5, 0.6) is 0 Å². The second-order valence-electron chi connectivity index (χ2n) is 8.29. The Hall–Kier alpha value is -3.09. The first-order chi connectivity index (χ1) is 16.0. The van der Waals surface area contributed by atoms with Crippen molar-refractivity contribution < 1.29 is 4.39 Å². The summed E-state index contributed by atoms with van der Waals surface area (Å²) in [7, 11) is 4.10. The van der Waals surface area contributed by atoms with Crippen molar-refractivity contribution in [2.75, 3.05) is 14.1 Å². The topological polar surface area (TPSA) is 46.8 Å². The maximum atomic E-state index is 13.9. The van der Waals surface area contributed by atoms with Crippen LogP contribution in [-0.4, -0.2) is 38.7 Å². The van der Waals surface area contributed by atoms with Crippen molar-refractivity contribution in [1.29, 1.82) is 0 Å². The van der Waals surface area contributed by atoms with Crippen LogP contribution in [-0.2, 0) is 32.4 Å². The molecule has 4 rings (SSSR count). The summed E-state index contributed by atoms with van der Waals surface area (Å²) < 4.78 is 15.8. The lowest BCUT2D eigenvalue weighted by Crippen LogP contribution is -2.10. The summed E-state index contributed by atoms with van der Waals surface area (Å²) >= 11 is 6.16. The van der Waals surface area contributed by atoms with E-state index in [1.807, 2.05) is 28.9 Å². The normalized spacial score (nSPS) is 11.3. The van der Waals surface area contributed by atoms with E-state index in [1.165, 1.54) is 11.6 Å². The average molecular weight is 464 g/mol. The van der Waals surface area contributed by atoms with E-state index in [1.54, 1.807) is 12.3 Å². The van der Waals surface area contributed by atoms with Crippen molar-refractivity contribution in [3.05, 3.63) is 100 Å². The van der Waals surface area contributed by atoms with Gasteiger partial charge in [0.15, 0.2) is 5.82 Å². The molecule has 0 unspecified atom stereocenters. The standard InChI is InChI=1S/C26H27ClFN5/c1-32(2)18-19-9-11-21(12-10-19)26-30-24(14-13-20-6-5-8-23(28)25(20)27)33(31-26)17-15-22-7-3-4-16-29-22/h3-12,16H,13-15,17-18H2,1-2H3. The molecule has 0 atom stereocenters. The Kier molecular flexibility index (Phi) is 7.47.